The van der Waals surface area contributed by atoms with Gasteiger partial charge in [-0.3, -0.25) is 4.79 Å². The van der Waals surface area contributed by atoms with E-state index >= 15 is 0 Å². The minimum atomic E-state index is 0. The lowest BCUT2D eigenvalue weighted by molar-refractivity contribution is -0.129. The van der Waals surface area contributed by atoms with Gasteiger partial charge >= 0.3 is 0 Å². The Morgan fingerprint density at radius 3 is 2.61 bits per heavy atom. The van der Waals surface area contributed by atoms with Gasteiger partial charge in [-0.25, -0.2) is 0 Å². The predicted molar refractivity (Wildman–Crippen MR) is 73.1 cm³/mol. The number of methoxy groups -OCH3 is 1. The molecule has 4 nitrogen and oxygen atoms in total. The molecule has 1 saturated heterocycles. The number of benzene rings is 1. The number of hydrogen-bond donors (Lipinski definition) is 1. The summed E-state index contributed by atoms with van der Waals surface area (Å²) in [5.74, 6) is 0.965. The van der Waals surface area contributed by atoms with Gasteiger partial charge < -0.3 is 15.4 Å². The number of ether oxygens (including phenoxy) is 1. The first-order valence-electron chi connectivity index (χ1n) is 5.85. The van der Waals surface area contributed by atoms with Crippen LogP contribution in [0, 0.1) is 0 Å². The van der Waals surface area contributed by atoms with Gasteiger partial charge in [0.25, 0.3) is 0 Å². The fraction of sp³-hybridized carbons (Fsp3) is 0.462. The summed E-state index contributed by atoms with van der Waals surface area (Å²) in [5.41, 5.74) is 6.79. The molecule has 0 radical (unpaired) electrons. The minimum absolute atomic E-state index is 0. The highest BCUT2D eigenvalue weighted by Crippen LogP contribution is 2.14. The van der Waals surface area contributed by atoms with Crippen molar-refractivity contribution < 1.29 is 9.53 Å². The number of nitrogens with two attached hydrogens (primary N) is 1. The van der Waals surface area contributed by atoms with Crippen molar-refractivity contribution in [2.45, 2.75) is 18.9 Å². The molecule has 0 bridgehead atoms. The molecule has 18 heavy (non-hydrogen) atoms. The van der Waals surface area contributed by atoms with Crippen LogP contribution in [0.15, 0.2) is 24.3 Å². The normalized spacial score (nSPS) is 18.3. The van der Waals surface area contributed by atoms with Crippen molar-refractivity contribution >= 4 is 18.3 Å². The van der Waals surface area contributed by atoms with Gasteiger partial charge in [0.05, 0.1) is 13.5 Å². The van der Waals surface area contributed by atoms with Gasteiger partial charge in [-0.1, -0.05) is 12.1 Å². The Morgan fingerprint density at radius 1 is 1.44 bits per heavy atom. The summed E-state index contributed by atoms with van der Waals surface area (Å²) >= 11 is 0. The highest BCUT2D eigenvalue weighted by molar-refractivity contribution is 5.85. The number of nitrogens with zero attached hydrogens (tertiary/aromatic N) is 1. The average Bonchev–Trinajstić information content (AvgIpc) is 2.77. The SMILES string of the molecule is COc1ccc(CC(=O)N2CC[C@H](N)C2)cc1.Cl. The molecule has 100 valence electrons. The standard InChI is InChI=1S/C13H18N2O2.ClH/c1-17-12-4-2-10(3-5-12)8-13(16)15-7-6-11(14)9-15;/h2-5,11H,6-9,14H2,1H3;1H/t11-;/m0./s1. The van der Waals surface area contributed by atoms with Crippen molar-refractivity contribution in [2.24, 2.45) is 5.73 Å². The lowest BCUT2D eigenvalue weighted by atomic mass is 10.1. The fourth-order valence-electron chi connectivity index (χ4n) is 2.04. The first-order chi connectivity index (χ1) is 8.19. The second-order valence-electron chi connectivity index (χ2n) is 4.41. The molecule has 5 heteroatoms. The van der Waals surface area contributed by atoms with Crippen molar-refractivity contribution in [3.8, 4) is 5.75 Å². The van der Waals surface area contributed by atoms with Gasteiger partial charge in [0.15, 0.2) is 0 Å². The van der Waals surface area contributed by atoms with Crippen molar-refractivity contribution in [3.63, 3.8) is 0 Å². The zero-order chi connectivity index (χ0) is 12.3. The molecule has 0 aliphatic carbocycles. The van der Waals surface area contributed by atoms with Crippen LogP contribution in [0.5, 0.6) is 5.75 Å². The van der Waals surface area contributed by atoms with Crippen LogP contribution in [0.1, 0.15) is 12.0 Å². The molecule has 1 aliphatic heterocycles. The molecule has 1 fully saturated rings. The second-order valence-corrected chi connectivity index (χ2v) is 4.41. The summed E-state index contributed by atoms with van der Waals surface area (Å²) in [6.07, 6.45) is 1.35. The van der Waals surface area contributed by atoms with Gasteiger partial charge in [-0.15, -0.1) is 12.4 Å². The molecule has 0 saturated carbocycles. The number of rotatable bonds is 3. The Labute approximate surface area is 114 Å². The van der Waals surface area contributed by atoms with Crippen LogP contribution in [-0.4, -0.2) is 37.0 Å². The van der Waals surface area contributed by atoms with E-state index < -0.39 is 0 Å². The summed E-state index contributed by atoms with van der Waals surface area (Å²) in [7, 11) is 1.63. The molecule has 2 rings (SSSR count). The molecular formula is C13H19ClN2O2. The first-order valence-corrected chi connectivity index (χ1v) is 5.85. The number of hydrogen-bond acceptors (Lipinski definition) is 3. The van der Waals surface area contributed by atoms with E-state index in [9.17, 15) is 4.79 Å². The molecule has 0 aromatic heterocycles. The Bertz CT molecular complexity index is 394. The Morgan fingerprint density at radius 2 is 2.11 bits per heavy atom. The van der Waals surface area contributed by atoms with Gasteiger partial charge in [0, 0.05) is 19.1 Å². The summed E-state index contributed by atoms with van der Waals surface area (Å²) in [6.45, 7) is 1.48. The summed E-state index contributed by atoms with van der Waals surface area (Å²) in [4.78, 5) is 13.8. The predicted octanol–water partition coefficient (Wildman–Crippen LogP) is 1.22. The van der Waals surface area contributed by atoms with E-state index in [4.69, 9.17) is 10.5 Å². The molecule has 0 spiro atoms. The van der Waals surface area contributed by atoms with Crippen molar-refractivity contribution in [3.05, 3.63) is 29.8 Å². The van der Waals surface area contributed by atoms with Gasteiger partial charge in [-0.05, 0) is 24.1 Å². The lowest BCUT2D eigenvalue weighted by Crippen LogP contribution is -2.32. The number of halogens is 1. The van der Waals surface area contributed by atoms with Gasteiger partial charge in [-0.2, -0.15) is 0 Å². The maximum absolute atomic E-state index is 12.0. The summed E-state index contributed by atoms with van der Waals surface area (Å²) in [5, 5.41) is 0. The zero-order valence-corrected chi connectivity index (χ0v) is 11.3. The van der Waals surface area contributed by atoms with E-state index in [2.05, 4.69) is 0 Å². The third-order valence-corrected chi connectivity index (χ3v) is 3.09. The molecule has 1 heterocycles. The smallest absolute Gasteiger partial charge is 0.227 e. The first kappa shape index (κ1) is 14.8. The Balaban J connectivity index is 0.00000162. The third kappa shape index (κ3) is 3.62. The fourth-order valence-corrected chi connectivity index (χ4v) is 2.04. The van der Waals surface area contributed by atoms with Crippen LogP contribution in [-0.2, 0) is 11.2 Å². The molecule has 1 amide bonds. The van der Waals surface area contributed by atoms with Gasteiger partial charge in [0.1, 0.15) is 5.75 Å². The molecule has 1 aliphatic rings. The van der Waals surface area contributed by atoms with E-state index in [1.165, 1.54) is 0 Å². The quantitative estimate of drug-likeness (QED) is 0.899. The molecular weight excluding hydrogens is 252 g/mol. The maximum Gasteiger partial charge on any atom is 0.227 e. The van der Waals surface area contributed by atoms with E-state index in [0.29, 0.717) is 13.0 Å². The summed E-state index contributed by atoms with van der Waals surface area (Å²) < 4.78 is 5.08. The van der Waals surface area contributed by atoms with Crippen LogP contribution in [0.4, 0.5) is 0 Å². The summed E-state index contributed by atoms with van der Waals surface area (Å²) in [6, 6.07) is 7.74. The van der Waals surface area contributed by atoms with Crippen LogP contribution >= 0.6 is 12.4 Å². The molecule has 1 aromatic rings. The number of amides is 1. The van der Waals surface area contributed by atoms with Crippen molar-refractivity contribution in [2.75, 3.05) is 20.2 Å². The number of carbonyl (C=O) groups excluding carboxylic acids is 1. The average molecular weight is 271 g/mol. The highest BCUT2D eigenvalue weighted by atomic mass is 35.5. The van der Waals surface area contributed by atoms with Crippen LogP contribution < -0.4 is 10.5 Å². The third-order valence-electron chi connectivity index (χ3n) is 3.09. The zero-order valence-electron chi connectivity index (χ0n) is 10.5. The van der Waals surface area contributed by atoms with Crippen molar-refractivity contribution in [1.29, 1.82) is 0 Å². The topological polar surface area (TPSA) is 55.6 Å². The molecule has 2 N–H and O–H groups in total. The minimum Gasteiger partial charge on any atom is -0.497 e. The van der Waals surface area contributed by atoms with E-state index in [1.54, 1.807) is 7.11 Å². The van der Waals surface area contributed by atoms with Gasteiger partial charge in [0.2, 0.25) is 5.91 Å². The maximum atomic E-state index is 12.0. The molecule has 1 atom stereocenters. The monoisotopic (exact) mass is 270 g/mol. The Kier molecular flexibility index (Phi) is 5.44. The van der Waals surface area contributed by atoms with Crippen LogP contribution in [0.25, 0.3) is 0 Å². The van der Waals surface area contributed by atoms with E-state index in [1.807, 2.05) is 29.2 Å². The largest absolute Gasteiger partial charge is 0.497 e. The second kappa shape index (κ2) is 6.61. The van der Waals surface area contributed by atoms with Crippen LogP contribution in [0.2, 0.25) is 0 Å². The highest BCUT2D eigenvalue weighted by Gasteiger charge is 2.23. The number of carbonyl (C=O) groups is 1. The van der Waals surface area contributed by atoms with Crippen LogP contribution in [0.3, 0.4) is 0 Å². The van der Waals surface area contributed by atoms with E-state index in [-0.39, 0.29) is 24.4 Å². The molecule has 0 unspecified atom stereocenters. The number of likely N-dealkylation sites (tertiary alicyclic amines) is 1. The lowest BCUT2D eigenvalue weighted by Gasteiger charge is -2.15. The van der Waals surface area contributed by atoms with E-state index in [0.717, 1.165) is 24.3 Å². The molecule has 1 aromatic carbocycles. The van der Waals surface area contributed by atoms with Crippen molar-refractivity contribution in [1.82, 2.24) is 4.90 Å². The Hall–Kier alpha value is -1.26.